The second kappa shape index (κ2) is 3.81. The molecular formula is C14H12ClNO3. The number of fused-ring (bicyclic) bond motifs is 5. The maximum absolute atomic E-state index is 12.5. The second-order valence-electron chi connectivity index (χ2n) is 5.33. The maximum atomic E-state index is 12.5. The molecule has 0 unspecified atom stereocenters. The normalized spacial score (nSPS) is 36.2. The number of nitrogens with zero attached hydrogens (tertiary/aromatic N) is 1. The van der Waals surface area contributed by atoms with Crippen molar-refractivity contribution in [2.24, 2.45) is 11.8 Å². The topological polar surface area (TPSA) is 46.6 Å². The molecule has 4 nitrogen and oxygen atoms in total. The molecule has 5 heteroatoms. The standard InChI is InChI=1S/C14H12ClNO3/c15-7-1-3-8(4-2-7)16-13(17)11-9-5-6-10(19-9)12(11)14(16)18/h1-4,9-12H,5-6H2/t9-,10-,11-,12+/m1/s1. The molecule has 3 aliphatic rings. The first-order chi connectivity index (χ1) is 9.16. The van der Waals surface area contributed by atoms with E-state index in [0.29, 0.717) is 10.7 Å². The summed E-state index contributed by atoms with van der Waals surface area (Å²) in [6.45, 7) is 0. The summed E-state index contributed by atoms with van der Waals surface area (Å²) in [7, 11) is 0. The highest BCUT2D eigenvalue weighted by Gasteiger charge is 2.62. The number of ether oxygens (including phenoxy) is 1. The fourth-order valence-corrected chi connectivity index (χ4v) is 3.68. The number of halogens is 1. The minimum absolute atomic E-state index is 0.0660. The molecule has 4 atom stereocenters. The molecule has 3 saturated heterocycles. The van der Waals surface area contributed by atoms with Crippen LogP contribution in [0.1, 0.15) is 12.8 Å². The van der Waals surface area contributed by atoms with E-state index in [0.717, 1.165) is 12.8 Å². The third-order valence-corrected chi connectivity index (χ3v) is 4.62. The van der Waals surface area contributed by atoms with E-state index in [2.05, 4.69) is 0 Å². The Morgan fingerprint density at radius 3 is 2.05 bits per heavy atom. The van der Waals surface area contributed by atoms with Gasteiger partial charge in [0.15, 0.2) is 0 Å². The van der Waals surface area contributed by atoms with Crippen molar-refractivity contribution in [2.45, 2.75) is 25.0 Å². The number of hydrogen-bond acceptors (Lipinski definition) is 3. The highest BCUT2D eigenvalue weighted by atomic mass is 35.5. The van der Waals surface area contributed by atoms with Gasteiger partial charge in [-0.2, -0.15) is 0 Å². The summed E-state index contributed by atoms with van der Waals surface area (Å²) in [6, 6.07) is 6.80. The van der Waals surface area contributed by atoms with Crippen LogP contribution in [-0.4, -0.2) is 24.0 Å². The van der Waals surface area contributed by atoms with Gasteiger partial charge in [0.25, 0.3) is 0 Å². The number of rotatable bonds is 1. The van der Waals surface area contributed by atoms with Crippen molar-refractivity contribution in [1.82, 2.24) is 0 Å². The van der Waals surface area contributed by atoms with Gasteiger partial charge < -0.3 is 4.74 Å². The molecule has 3 fully saturated rings. The fourth-order valence-electron chi connectivity index (χ4n) is 3.56. The Balaban J connectivity index is 1.73. The lowest BCUT2D eigenvalue weighted by molar-refractivity contribution is -0.124. The van der Waals surface area contributed by atoms with E-state index in [1.807, 2.05) is 0 Å². The summed E-state index contributed by atoms with van der Waals surface area (Å²) in [6.07, 6.45) is 1.64. The largest absolute Gasteiger partial charge is 0.373 e. The van der Waals surface area contributed by atoms with Gasteiger partial charge in [0.1, 0.15) is 0 Å². The summed E-state index contributed by atoms with van der Waals surface area (Å²) < 4.78 is 5.69. The SMILES string of the molecule is O=C1[C@@H]2[C@H](C(=O)N1c1ccc(Cl)cc1)[C@H]1CC[C@H]2O1. The highest BCUT2D eigenvalue weighted by molar-refractivity contribution is 6.30. The lowest BCUT2D eigenvalue weighted by Gasteiger charge is -2.17. The Morgan fingerprint density at radius 2 is 1.53 bits per heavy atom. The molecule has 0 aromatic heterocycles. The minimum Gasteiger partial charge on any atom is -0.373 e. The molecule has 4 rings (SSSR count). The van der Waals surface area contributed by atoms with E-state index in [-0.39, 0.29) is 35.9 Å². The number of imide groups is 1. The van der Waals surface area contributed by atoms with Crippen molar-refractivity contribution in [3.8, 4) is 0 Å². The quantitative estimate of drug-likeness (QED) is 0.738. The molecule has 0 N–H and O–H groups in total. The Bertz CT molecular complexity index is 543. The van der Waals surface area contributed by atoms with Gasteiger partial charge in [0.2, 0.25) is 11.8 Å². The van der Waals surface area contributed by atoms with E-state index in [4.69, 9.17) is 16.3 Å². The van der Waals surface area contributed by atoms with Crippen LogP contribution < -0.4 is 4.90 Å². The lowest BCUT2D eigenvalue weighted by Crippen LogP contribution is -2.34. The van der Waals surface area contributed by atoms with E-state index in [1.54, 1.807) is 24.3 Å². The van der Waals surface area contributed by atoms with Crippen LogP contribution in [0.25, 0.3) is 0 Å². The van der Waals surface area contributed by atoms with Crippen LogP contribution >= 0.6 is 11.6 Å². The van der Waals surface area contributed by atoms with Crippen LogP contribution in [0.2, 0.25) is 5.02 Å². The molecule has 2 amide bonds. The van der Waals surface area contributed by atoms with E-state index >= 15 is 0 Å². The van der Waals surface area contributed by atoms with Gasteiger partial charge in [-0.05, 0) is 37.1 Å². The van der Waals surface area contributed by atoms with E-state index in [1.165, 1.54) is 4.90 Å². The first-order valence-corrected chi connectivity index (χ1v) is 6.83. The Kier molecular flexibility index (Phi) is 2.29. The second-order valence-corrected chi connectivity index (χ2v) is 5.77. The average molecular weight is 278 g/mol. The first-order valence-electron chi connectivity index (χ1n) is 6.45. The Hall–Kier alpha value is -1.39. The van der Waals surface area contributed by atoms with Gasteiger partial charge in [0.05, 0.1) is 29.7 Å². The third-order valence-electron chi connectivity index (χ3n) is 4.37. The monoisotopic (exact) mass is 277 g/mol. The molecular weight excluding hydrogens is 266 g/mol. The third kappa shape index (κ3) is 1.44. The Labute approximate surface area is 115 Å². The summed E-state index contributed by atoms with van der Waals surface area (Å²) in [4.78, 5) is 26.2. The first kappa shape index (κ1) is 11.4. The average Bonchev–Trinajstić information content (AvgIpc) is 3.06. The molecule has 0 aliphatic carbocycles. The van der Waals surface area contributed by atoms with Crippen LogP contribution in [0.15, 0.2) is 24.3 Å². The van der Waals surface area contributed by atoms with Crippen LogP contribution in [0.3, 0.4) is 0 Å². The molecule has 0 saturated carbocycles. The maximum Gasteiger partial charge on any atom is 0.240 e. The minimum atomic E-state index is -0.276. The van der Waals surface area contributed by atoms with Crippen molar-refractivity contribution < 1.29 is 14.3 Å². The van der Waals surface area contributed by atoms with Gasteiger partial charge in [-0.15, -0.1) is 0 Å². The van der Waals surface area contributed by atoms with Crippen molar-refractivity contribution in [3.05, 3.63) is 29.3 Å². The van der Waals surface area contributed by atoms with Crippen LogP contribution in [0.5, 0.6) is 0 Å². The van der Waals surface area contributed by atoms with Gasteiger partial charge in [0, 0.05) is 5.02 Å². The van der Waals surface area contributed by atoms with E-state index in [9.17, 15) is 9.59 Å². The predicted octanol–water partition coefficient (Wildman–Crippen LogP) is 2.01. The fraction of sp³-hybridized carbons (Fsp3) is 0.429. The number of benzene rings is 1. The van der Waals surface area contributed by atoms with Gasteiger partial charge in [-0.1, -0.05) is 11.6 Å². The van der Waals surface area contributed by atoms with Gasteiger partial charge in [-0.3, -0.25) is 9.59 Å². The molecule has 1 aromatic carbocycles. The van der Waals surface area contributed by atoms with E-state index < -0.39 is 0 Å². The Morgan fingerprint density at radius 1 is 1.00 bits per heavy atom. The van der Waals surface area contributed by atoms with Crippen molar-refractivity contribution in [1.29, 1.82) is 0 Å². The lowest BCUT2D eigenvalue weighted by atomic mass is 9.81. The van der Waals surface area contributed by atoms with Crippen molar-refractivity contribution in [2.75, 3.05) is 4.90 Å². The number of carbonyl (C=O) groups is 2. The van der Waals surface area contributed by atoms with Crippen molar-refractivity contribution in [3.63, 3.8) is 0 Å². The molecule has 3 heterocycles. The number of carbonyl (C=O) groups excluding carboxylic acids is 2. The molecule has 2 bridgehead atoms. The zero-order valence-electron chi connectivity index (χ0n) is 10.1. The summed E-state index contributed by atoms with van der Waals surface area (Å²) in [5.74, 6) is -0.794. The smallest absolute Gasteiger partial charge is 0.240 e. The van der Waals surface area contributed by atoms with Gasteiger partial charge >= 0.3 is 0 Å². The summed E-state index contributed by atoms with van der Waals surface area (Å²) in [5.41, 5.74) is 0.605. The number of amides is 2. The number of anilines is 1. The predicted molar refractivity (Wildman–Crippen MR) is 68.8 cm³/mol. The zero-order chi connectivity index (χ0) is 13.1. The highest BCUT2D eigenvalue weighted by Crippen LogP contribution is 2.49. The molecule has 98 valence electrons. The molecule has 1 aromatic rings. The van der Waals surface area contributed by atoms with Crippen LogP contribution in [-0.2, 0) is 14.3 Å². The van der Waals surface area contributed by atoms with Crippen LogP contribution in [0.4, 0.5) is 5.69 Å². The molecule has 19 heavy (non-hydrogen) atoms. The van der Waals surface area contributed by atoms with Gasteiger partial charge in [-0.25, -0.2) is 4.90 Å². The summed E-state index contributed by atoms with van der Waals surface area (Å²) >= 11 is 5.83. The van der Waals surface area contributed by atoms with Crippen LogP contribution in [0, 0.1) is 11.8 Å². The van der Waals surface area contributed by atoms with Crippen molar-refractivity contribution >= 4 is 29.1 Å². The zero-order valence-corrected chi connectivity index (χ0v) is 10.8. The number of hydrogen-bond donors (Lipinski definition) is 0. The summed E-state index contributed by atoms with van der Waals surface area (Å²) in [5, 5.41) is 0.589. The molecule has 0 spiro atoms. The molecule has 0 radical (unpaired) electrons. The molecule has 3 aliphatic heterocycles.